The van der Waals surface area contributed by atoms with Crippen molar-refractivity contribution in [2.45, 2.75) is 39.7 Å². The van der Waals surface area contributed by atoms with Crippen molar-refractivity contribution in [3.8, 4) is 17.6 Å². The normalized spacial score (nSPS) is 17.3. The van der Waals surface area contributed by atoms with Crippen LogP contribution in [0.25, 0.3) is 11.6 Å². The van der Waals surface area contributed by atoms with E-state index in [1.54, 1.807) is 17.5 Å². The molecular weight excluding hydrogens is 424 g/mol. The summed E-state index contributed by atoms with van der Waals surface area (Å²) in [5.74, 6) is 1.99. The number of oxazole rings is 1. The van der Waals surface area contributed by atoms with E-state index in [0.717, 1.165) is 28.4 Å². The van der Waals surface area contributed by atoms with Crippen LogP contribution in [0.2, 0.25) is 0 Å². The third kappa shape index (κ3) is 4.34. The fourth-order valence-corrected chi connectivity index (χ4v) is 4.63. The highest BCUT2D eigenvalue weighted by molar-refractivity contribution is 7.11. The number of nitrogens with one attached hydrogen (secondary N) is 1. The highest BCUT2D eigenvalue weighted by Crippen LogP contribution is 2.46. The summed E-state index contributed by atoms with van der Waals surface area (Å²) in [5.41, 5.74) is 3.63. The third-order valence-corrected chi connectivity index (χ3v) is 6.67. The van der Waals surface area contributed by atoms with Crippen molar-refractivity contribution in [3.05, 3.63) is 63.7 Å². The van der Waals surface area contributed by atoms with E-state index in [9.17, 15) is 0 Å². The molecule has 1 saturated carbocycles. The molecule has 0 amide bonds. The Balaban J connectivity index is 1.34. The molecule has 0 radical (unpaired) electrons. The number of pyridine rings is 1. The number of hydrogen-bond donors (Lipinski definition) is 1. The van der Waals surface area contributed by atoms with E-state index in [4.69, 9.17) is 9.15 Å². The standard InChI is InChI=1S/C23H24N6O2S/c1-13-20(22-25-8-9-30-22)28-23(29-21(13)26-11-19-14(2)27-15(3)32-19)31-12-16-10-17(16)18-6-4-5-7-24-18/h4-9,16-17H,10-12H2,1-3H3,(H,26,28,29)/t16?,17-/m0/s1. The van der Waals surface area contributed by atoms with Gasteiger partial charge in [0.25, 0.3) is 0 Å². The Bertz CT molecular complexity index is 1210. The number of ether oxygens (including phenoxy) is 1. The highest BCUT2D eigenvalue weighted by atomic mass is 32.1. The Hall–Kier alpha value is -3.33. The fourth-order valence-electron chi connectivity index (χ4n) is 3.75. The van der Waals surface area contributed by atoms with Crippen LogP contribution in [0.15, 0.2) is 41.3 Å². The minimum atomic E-state index is 0.315. The second kappa shape index (κ2) is 8.66. The number of nitrogens with zero attached hydrogens (tertiary/aromatic N) is 5. The molecular formula is C23H24N6O2S. The molecule has 8 nitrogen and oxygen atoms in total. The molecule has 1 aliphatic rings. The topological polar surface area (TPSA) is 98.9 Å². The summed E-state index contributed by atoms with van der Waals surface area (Å²) in [6, 6.07) is 6.34. The predicted molar refractivity (Wildman–Crippen MR) is 122 cm³/mol. The maximum atomic E-state index is 6.03. The first-order valence-corrected chi connectivity index (χ1v) is 11.4. The predicted octanol–water partition coefficient (Wildman–Crippen LogP) is 4.70. The van der Waals surface area contributed by atoms with E-state index in [2.05, 4.69) is 36.3 Å². The maximum Gasteiger partial charge on any atom is 0.319 e. The molecule has 2 atom stereocenters. The fraction of sp³-hybridized carbons (Fsp3) is 0.348. The quantitative estimate of drug-likeness (QED) is 0.414. The van der Waals surface area contributed by atoms with Gasteiger partial charge in [0.1, 0.15) is 17.8 Å². The van der Waals surface area contributed by atoms with Gasteiger partial charge < -0.3 is 14.5 Å². The lowest BCUT2D eigenvalue weighted by Gasteiger charge is -2.13. The van der Waals surface area contributed by atoms with E-state index in [1.165, 1.54) is 11.1 Å². The lowest BCUT2D eigenvalue weighted by atomic mass is 10.2. The molecule has 0 spiro atoms. The van der Waals surface area contributed by atoms with Crippen molar-refractivity contribution in [2.24, 2.45) is 5.92 Å². The van der Waals surface area contributed by atoms with E-state index < -0.39 is 0 Å². The van der Waals surface area contributed by atoms with Gasteiger partial charge in [-0.05, 0) is 39.3 Å². The summed E-state index contributed by atoms with van der Waals surface area (Å²) in [6.45, 7) is 7.16. The van der Waals surface area contributed by atoms with Crippen LogP contribution in [0.3, 0.4) is 0 Å². The van der Waals surface area contributed by atoms with Crippen LogP contribution in [0, 0.1) is 26.7 Å². The van der Waals surface area contributed by atoms with Gasteiger partial charge in [-0.15, -0.1) is 11.3 Å². The van der Waals surface area contributed by atoms with Crippen LogP contribution in [-0.2, 0) is 6.54 Å². The van der Waals surface area contributed by atoms with Crippen molar-refractivity contribution in [3.63, 3.8) is 0 Å². The average Bonchev–Trinajstić information content (AvgIpc) is 3.21. The molecule has 1 aliphatic carbocycles. The monoisotopic (exact) mass is 448 g/mol. The molecule has 4 aromatic heterocycles. The Kier molecular flexibility index (Phi) is 5.57. The molecule has 4 aromatic rings. The van der Waals surface area contributed by atoms with Gasteiger partial charge in [0.05, 0.1) is 30.1 Å². The summed E-state index contributed by atoms with van der Waals surface area (Å²) >= 11 is 1.68. The zero-order valence-corrected chi connectivity index (χ0v) is 19.0. The first kappa shape index (κ1) is 20.6. The molecule has 4 heterocycles. The molecule has 32 heavy (non-hydrogen) atoms. The van der Waals surface area contributed by atoms with E-state index in [0.29, 0.717) is 48.4 Å². The number of anilines is 1. The first-order valence-electron chi connectivity index (χ1n) is 10.6. The third-order valence-electron chi connectivity index (χ3n) is 5.59. The molecule has 0 aliphatic heterocycles. The van der Waals surface area contributed by atoms with Gasteiger partial charge in [-0.3, -0.25) is 4.98 Å². The van der Waals surface area contributed by atoms with Crippen LogP contribution < -0.4 is 10.1 Å². The van der Waals surface area contributed by atoms with Crippen molar-refractivity contribution in [2.75, 3.05) is 11.9 Å². The van der Waals surface area contributed by atoms with Crippen molar-refractivity contribution in [1.82, 2.24) is 24.9 Å². The number of aryl methyl sites for hydroxylation is 2. The SMILES string of the molecule is Cc1nc(C)c(CNc2nc(OCC3C[C@@H]3c3ccccn3)nc(-c3ncco3)c2C)s1. The number of thiazole rings is 1. The Morgan fingerprint density at radius 3 is 2.75 bits per heavy atom. The van der Waals surface area contributed by atoms with Crippen LogP contribution in [-0.4, -0.2) is 31.5 Å². The number of aromatic nitrogens is 5. The maximum absolute atomic E-state index is 6.03. The highest BCUT2D eigenvalue weighted by Gasteiger charge is 2.40. The molecule has 1 N–H and O–H groups in total. The van der Waals surface area contributed by atoms with Crippen molar-refractivity contribution < 1.29 is 9.15 Å². The van der Waals surface area contributed by atoms with Gasteiger partial charge >= 0.3 is 6.01 Å². The lowest BCUT2D eigenvalue weighted by molar-refractivity contribution is 0.274. The minimum Gasteiger partial charge on any atom is -0.463 e. The van der Waals surface area contributed by atoms with E-state index in [1.807, 2.05) is 39.1 Å². The second-order valence-electron chi connectivity index (χ2n) is 7.93. The molecule has 1 fully saturated rings. The summed E-state index contributed by atoms with van der Waals surface area (Å²) in [6.07, 6.45) is 6.04. The largest absolute Gasteiger partial charge is 0.463 e. The molecule has 0 bridgehead atoms. The summed E-state index contributed by atoms with van der Waals surface area (Å²) in [5, 5.41) is 4.47. The second-order valence-corrected chi connectivity index (χ2v) is 9.22. The Labute approximate surface area is 190 Å². The summed E-state index contributed by atoms with van der Waals surface area (Å²) in [7, 11) is 0. The van der Waals surface area contributed by atoms with Crippen molar-refractivity contribution >= 4 is 17.2 Å². The van der Waals surface area contributed by atoms with Gasteiger partial charge in [0.2, 0.25) is 5.89 Å². The average molecular weight is 449 g/mol. The summed E-state index contributed by atoms with van der Waals surface area (Å²) < 4.78 is 11.5. The zero-order valence-electron chi connectivity index (χ0n) is 18.2. The Morgan fingerprint density at radius 2 is 2.03 bits per heavy atom. The lowest BCUT2D eigenvalue weighted by Crippen LogP contribution is -2.10. The molecule has 164 valence electrons. The molecule has 9 heteroatoms. The van der Waals surface area contributed by atoms with Crippen LogP contribution in [0.4, 0.5) is 5.82 Å². The number of hydrogen-bond acceptors (Lipinski definition) is 9. The van der Waals surface area contributed by atoms with E-state index in [-0.39, 0.29) is 0 Å². The van der Waals surface area contributed by atoms with Crippen molar-refractivity contribution in [1.29, 1.82) is 0 Å². The van der Waals surface area contributed by atoms with Gasteiger partial charge in [0, 0.05) is 34.2 Å². The van der Waals surface area contributed by atoms with Gasteiger partial charge in [-0.1, -0.05) is 6.07 Å². The molecule has 0 aromatic carbocycles. The van der Waals surface area contributed by atoms with Gasteiger partial charge in [-0.2, -0.15) is 9.97 Å². The minimum absolute atomic E-state index is 0.315. The first-order chi connectivity index (χ1) is 15.6. The van der Waals surface area contributed by atoms with Crippen LogP contribution >= 0.6 is 11.3 Å². The molecule has 0 saturated heterocycles. The molecule has 1 unspecified atom stereocenters. The Morgan fingerprint density at radius 1 is 1.12 bits per heavy atom. The molecule has 5 rings (SSSR count). The van der Waals surface area contributed by atoms with Gasteiger partial charge in [0.15, 0.2) is 0 Å². The number of rotatable bonds is 8. The zero-order chi connectivity index (χ0) is 22.1. The summed E-state index contributed by atoms with van der Waals surface area (Å²) in [4.78, 5) is 23.6. The smallest absolute Gasteiger partial charge is 0.319 e. The van der Waals surface area contributed by atoms with Crippen LogP contribution in [0.1, 0.15) is 39.2 Å². The van der Waals surface area contributed by atoms with Crippen LogP contribution in [0.5, 0.6) is 6.01 Å². The van der Waals surface area contributed by atoms with Gasteiger partial charge in [-0.25, -0.2) is 9.97 Å². The van der Waals surface area contributed by atoms with E-state index >= 15 is 0 Å².